The van der Waals surface area contributed by atoms with E-state index in [0.29, 0.717) is 6.54 Å². The monoisotopic (exact) mass is 333 g/mol. The van der Waals surface area contributed by atoms with E-state index in [0.717, 1.165) is 44.5 Å². The van der Waals surface area contributed by atoms with Crippen LogP contribution in [-0.4, -0.2) is 53.1 Å². The van der Waals surface area contributed by atoms with Crippen molar-refractivity contribution in [3.05, 3.63) is 0 Å². The van der Waals surface area contributed by atoms with Crippen LogP contribution in [0.5, 0.6) is 0 Å². The van der Waals surface area contributed by atoms with Gasteiger partial charge in [-0.05, 0) is 12.2 Å². The lowest BCUT2D eigenvalue weighted by Gasteiger charge is -2.37. The Hall–Kier alpha value is -0.450. The van der Waals surface area contributed by atoms with Crippen molar-refractivity contribution in [2.45, 2.75) is 75.2 Å². The van der Waals surface area contributed by atoms with Crippen LogP contribution in [0.1, 0.15) is 64.2 Å². The Kier molecular flexibility index (Phi) is 5.44. The van der Waals surface area contributed by atoms with E-state index in [-0.39, 0.29) is 16.8 Å². The summed E-state index contributed by atoms with van der Waals surface area (Å²) in [6.07, 6.45) is 11.4. The van der Waals surface area contributed by atoms with Crippen molar-refractivity contribution in [3.63, 3.8) is 0 Å². The summed E-state index contributed by atoms with van der Waals surface area (Å²) in [6, 6.07) is 0. The van der Waals surface area contributed by atoms with Gasteiger partial charge in [-0.15, -0.1) is 0 Å². The molecule has 7 heteroatoms. The zero-order chi connectivity index (χ0) is 16.3. The highest BCUT2D eigenvalue weighted by Gasteiger charge is 2.36. The number of nitrogens with zero attached hydrogens (tertiary/aromatic N) is 2. The highest BCUT2D eigenvalue weighted by molar-refractivity contribution is 7.90. The normalized spacial score (nSPS) is 31.0. The van der Waals surface area contributed by atoms with Gasteiger partial charge in [0, 0.05) is 13.1 Å². The quantitative estimate of drug-likeness (QED) is 0.730. The van der Waals surface area contributed by atoms with Gasteiger partial charge in [0.2, 0.25) is 0 Å². The molecule has 1 unspecified atom stereocenters. The van der Waals surface area contributed by atoms with Crippen molar-refractivity contribution in [1.82, 2.24) is 4.90 Å². The van der Waals surface area contributed by atoms with Crippen LogP contribution < -0.4 is 0 Å². The first kappa shape index (κ1) is 17.4. The van der Waals surface area contributed by atoms with Gasteiger partial charge in [0.15, 0.2) is 0 Å². The maximum absolute atomic E-state index is 12.0. The fourth-order valence-electron chi connectivity index (χ4n) is 4.20. The van der Waals surface area contributed by atoms with Crippen LogP contribution in [-0.2, 0) is 10.0 Å². The van der Waals surface area contributed by atoms with E-state index in [1.165, 1.54) is 32.1 Å². The molecule has 4 nitrogen and oxygen atoms in total. The minimum Gasteiger partial charge on any atom is -0.359 e. The lowest BCUT2D eigenvalue weighted by atomic mass is 9.34. The summed E-state index contributed by atoms with van der Waals surface area (Å²) in [5.41, 5.74) is 0. The molecule has 1 saturated heterocycles. The smallest absolute Gasteiger partial charge is 0.256 e. The van der Waals surface area contributed by atoms with E-state index in [4.69, 9.17) is 7.85 Å². The summed E-state index contributed by atoms with van der Waals surface area (Å²) < 4.78 is 28.1. The number of sulfonamides is 1. The summed E-state index contributed by atoms with van der Waals surface area (Å²) in [4.78, 5) is 2.18. The topological polar surface area (TPSA) is 49.7 Å². The molecule has 3 radical (unpaired) electrons. The Morgan fingerprint density at radius 1 is 1.04 bits per heavy atom. The molecule has 125 valence electrons. The number of amidine groups is 1. The van der Waals surface area contributed by atoms with Gasteiger partial charge in [0.25, 0.3) is 10.0 Å². The molecule has 1 atom stereocenters. The van der Waals surface area contributed by atoms with Gasteiger partial charge in [-0.3, -0.25) is 0 Å². The van der Waals surface area contributed by atoms with Gasteiger partial charge in [-0.1, -0.05) is 63.0 Å². The SMILES string of the molecule is [B]C1([B]C2CCCCN3CCS(=O)(=O)N=C23)CCCCCCC1. The first-order valence-corrected chi connectivity index (χ1v) is 10.8. The Morgan fingerprint density at radius 2 is 1.74 bits per heavy atom. The standard InChI is InChI=1S/C16H27B2N2O2S/c17-16(9-5-2-1-3-6-10-16)18-14-8-4-7-11-20-12-13-23(21,22)19-15(14)20/h14H,1-13H2. The van der Waals surface area contributed by atoms with Crippen LogP contribution in [0.4, 0.5) is 0 Å². The third-order valence-corrected chi connectivity index (χ3v) is 6.68. The van der Waals surface area contributed by atoms with Crippen molar-refractivity contribution in [3.8, 4) is 0 Å². The van der Waals surface area contributed by atoms with Crippen LogP contribution in [0.3, 0.4) is 0 Å². The fraction of sp³-hybridized carbons (Fsp3) is 0.938. The predicted molar refractivity (Wildman–Crippen MR) is 96.9 cm³/mol. The van der Waals surface area contributed by atoms with Crippen molar-refractivity contribution < 1.29 is 8.42 Å². The molecule has 0 aromatic rings. The second-order valence-corrected chi connectivity index (χ2v) is 9.25. The molecule has 3 rings (SSSR count). The van der Waals surface area contributed by atoms with Crippen LogP contribution >= 0.6 is 0 Å². The summed E-state index contributed by atoms with van der Waals surface area (Å²) in [5, 5.41) is -0.259. The lowest BCUT2D eigenvalue weighted by molar-refractivity contribution is 0.427. The van der Waals surface area contributed by atoms with Crippen molar-refractivity contribution in [2.24, 2.45) is 4.40 Å². The minimum atomic E-state index is -3.29. The summed E-state index contributed by atoms with van der Waals surface area (Å²) in [5.74, 6) is 1.01. The number of fused-ring (bicyclic) bond motifs is 1. The molecule has 2 heterocycles. The Bertz CT molecular complexity index is 542. The molecule has 0 bridgehead atoms. The summed E-state index contributed by atoms with van der Waals surface area (Å²) >= 11 is 0. The number of hydrogen-bond acceptors (Lipinski definition) is 3. The van der Waals surface area contributed by atoms with Gasteiger partial charge in [-0.2, -0.15) is 4.40 Å². The Balaban J connectivity index is 1.79. The van der Waals surface area contributed by atoms with Gasteiger partial charge < -0.3 is 4.90 Å². The van der Waals surface area contributed by atoms with Crippen molar-refractivity contribution in [2.75, 3.05) is 18.8 Å². The molecule has 0 aromatic heterocycles. The van der Waals surface area contributed by atoms with Crippen LogP contribution in [0.25, 0.3) is 0 Å². The zero-order valence-electron chi connectivity index (χ0n) is 14.0. The zero-order valence-corrected chi connectivity index (χ0v) is 14.9. The molecule has 2 fully saturated rings. The second kappa shape index (κ2) is 7.20. The molecule has 0 aromatic carbocycles. The molecular formula is C16H27B2N2O2S. The average Bonchev–Trinajstić information content (AvgIpc) is 2.65. The third-order valence-electron chi connectivity index (χ3n) is 5.52. The van der Waals surface area contributed by atoms with Crippen molar-refractivity contribution in [1.29, 1.82) is 0 Å². The van der Waals surface area contributed by atoms with Gasteiger partial charge in [-0.25, -0.2) is 8.42 Å². The van der Waals surface area contributed by atoms with E-state index in [1.807, 2.05) is 0 Å². The fourth-order valence-corrected chi connectivity index (χ4v) is 5.28. The van der Waals surface area contributed by atoms with E-state index >= 15 is 0 Å². The van der Waals surface area contributed by atoms with E-state index in [1.54, 1.807) is 0 Å². The molecule has 1 aliphatic carbocycles. The lowest BCUT2D eigenvalue weighted by Crippen LogP contribution is -2.43. The summed E-state index contributed by atoms with van der Waals surface area (Å²) in [7, 11) is 5.69. The molecule has 3 aliphatic rings. The first-order valence-electron chi connectivity index (χ1n) is 9.20. The maximum atomic E-state index is 12.0. The molecular weight excluding hydrogens is 306 g/mol. The van der Waals surface area contributed by atoms with Gasteiger partial charge >= 0.3 is 0 Å². The van der Waals surface area contributed by atoms with Gasteiger partial charge in [0.05, 0.1) is 13.6 Å². The predicted octanol–water partition coefficient (Wildman–Crippen LogP) is 2.74. The van der Waals surface area contributed by atoms with Crippen LogP contribution in [0.2, 0.25) is 11.0 Å². The first-order chi connectivity index (χ1) is 11.0. The Labute approximate surface area is 143 Å². The minimum absolute atomic E-state index is 0.0944. The van der Waals surface area contributed by atoms with Gasteiger partial charge in [0.1, 0.15) is 13.1 Å². The number of hydrogen-bond donors (Lipinski definition) is 0. The van der Waals surface area contributed by atoms with E-state index in [9.17, 15) is 8.42 Å². The molecule has 1 saturated carbocycles. The van der Waals surface area contributed by atoms with Crippen LogP contribution in [0.15, 0.2) is 4.40 Å². The maximum Gasteiger partial charge on any atom is 0.256 e. The molecule has 0 amide bonds. The highest BCUT2D eigenvalue weighted by atomic mass is 32.2. The highest BCUT2D eigenvalue weighted by Crippen LogP contribution is 2.41. The largest absolute Gasteiger partial charge is 0.359 e. The molecule has 2 aliphatic heterocycles. The van der Waals surface area contributed by atoms with Crippen molar-refractivity contribution >= 4 is 31.0 Å². The number of rotatable bonds is 2. The average molecular weight is 333 g/mol. The Morgan fingerprint density at radius 3 is 2.48 bits per heavy atom. The summed E-state index contributed by atoms with van der Waals surface area (Å²) in [6.45, 7) is 1.51. The molecule has 0 N–H and O–H groups in total. The second-order valence-electron chi connectivity index (χ2n) is 7.49. The van der Waals surface area contributed by atoms with E-state index < -0.39 is 10.0 Å². The molecule has 23 heavy (non-hydrogen) atoms. The third kappa shape index (κ3) is 4.55. The van der Waals surface area contributed by atoms with Crippen LogP contribution in [0, 0.1) is 0 Å². The molecule has 0 spiro atoms. The van der Waals surface area contributed by atoms with E-state index in [2.05, 4.69) is 16.6 Å².